The minimum absolute atomic E-state index is 0.0246. The first-order valence-corrected chi connectivity index (χ1v) is 9.64. The summed E-state index contributed by atoms with van der Waals surface area (Å²) in [6.45, 7) is 1.34. The van der Waals surface area contributed by atoms with Gasteiger partial charge < -0.3 is 20.7 Å². The van der Waals surface area contributed by atoms with Crippen LogP contribution in [0.2, 0.25) is 0 Å². The maximum Gasteiger partial charge on any atom is 0.199 e. The van der Waals surface area contributed by atoms with E-state index in [4.69, 9.17) is 10.5 Å². The number of nitrogens with two attached hydrogens (primary N) is 1. The van der Waals surface area contributed by atoms with E-state index in [1.54, 1.807) is 4.57 Å². The molecule has 1 saturated heterocycles. The molecule has 8 heteroatoms. The normalized spacial score (nSPS) is 27.9. The third-order valence-electron chi connectivity index (χ3n) is 6.18. The van der Waals surface area contributed by atoms with E-state index in [0.29, 0.717) is 26.1 Å². The van der Waals surface area contributed by atoms with Crippen molar-refractivity contribution >= 4 is 0 Å². The Morgan fingerprint density at radius 2 is 1.71 bits per heavy atom. The van der Waals surface area contributed by atoms with Crippen LogP contribution in [0.3, 0.4) is 0 Å². The summed E-state index contributed by atoms with van der Waals surface area (Å²) in [4.78, 5) is 2.11. The lowest BCUT2D eigenvalue weighted by Crippen LogP contribution is -2.47. The highest BCUT2D eigenvalue weighted by atomic mass is 19.1. The van der Waals surface area contributed by atoms with Gasteiger partial charge in [0.05, 0.1) is 6.61 Å². The molecule has 2 aliphatic heterocycles. The molecule has 5 rings (SSSR count). The molecule has 3 heterocycles. The van der Waals surface area contributed by atoms with E-state index in [2.05, 4.69) is 4.90 Å². The van der Waals surface area contributed by atoms with Gasteiger partial charge >= 0.3 is 0 Å². The Hall–Kier alpha value is -2.16. The number of hydrogen-bond acceptors (Lipinski definition) is 5. The number of hydrogen-bond donors (Lipinski definition) is 3. The molecule has 1 saturated carbocycles. The fourth-order valence-electron chi connectivity index (χ4n) is 4.54. The summed E-state index contributed by atoms with van der Waals surface area (Å²) < 4.78 is 35.1. The lowest BCUT2D eigenvalue weighted by Gasteiger charge is -2.38. The lowest BCUT2D eigenvalue weighted by molar-refractivity contribution is -0.0533. The van der Waals surface area contributed by atoms with Crippen molar-refractivity contribution in [1.29, 1.82) is 0 Å². The summed E-state index contributed by atoms with van der Waals surface area (Å²) in [5, 5.41) is 21.0. The average Bonchev–Trinajstić information content (AvgIpc) is 3.34. The molecule has 0 spiro atoms. The molecule has 4 N–H and O–H groups in total. The van der Waals surface area contributed by atoms with E-state index in [9.17, 15) is 19.0 Å². The van der Waals surface area contributed by atoms with Crippen molar-refractivity contribution in [3.05, 3.63) is 46.5 Å². The van der Waals surface area contributed by atoms with Crippen molar-refractivity contribution in [2.45, 2.75) is 56.6 Å². The van der Waals surface area contributed by atoms with E-state index >= 15 is 0 Å². The molecule has 2 fully saturated rings. The van der Waals surface area contributed by atoms with Crippen molar-refractivity contribution in [3.63, 3.8) is 0 Å². The van der Waals surface area contributed by atoms with Gasteiger partial charge in [0.2, 0.25) is 0 Å². The van der Waals surface area contributed by atoms with Crippen molar-refractivity contribution in [2.24, 2.45) is 5.73 Å². The zero-order valence-corrected chi connectivity index (χ0v) is 15.3. The SMILES string of the molecule is N[C@H]1C[C@@H](N2Cc3c(c(O)n(C4CC4)c3O)C2)CO[C@@H]1c1cc(F)ccc1F. The maximum atomic E-state index is 14.1. The second-order valence-electron chi connectivity index (χ2n) is 8.08. The van der Waals surface area contributed by atoms with Gasteiger partial charge in [0.15, 0.2) is 11.8 Å². The van der Waals surface area contributed by atoms with Crippen LogP contribution in [-0.2, 0) is 17.8 Å². The Morgan fingerprint density at radius 1 is 1.04 bits per heavy atom. The Bertz CT molecular complexity index is 898. The first-order valence-electron chi connectivity index (χ1n) is 9.64. The van der Waals surface area contributed by atoms with Gasteiger partial charge in [-0.15, -0.1) is 0 Å². The van der Waals surface area contributed by atoms with Crippen molar-refractivity contribution in [2.75, 3.05) is 6.61 Å². The highest BCUT2D eigenvalue weighted by molar-refractivity contribution is 5.48. The molecule has 6 nitrogen and oxygen atoms in total. The fraction of sp³-hybridized carbons (Fsp3) is 0.500. The van der Waals surface area contributed by atoms with Crippen molar-refractivity contribution < 1.29 is 23.7 Å². The number of halogens is 2. The van der Waals surface area contributed by atoms with Gasteiger partial charge in [0.25, 0.3) is 0 Å². The monoisotopic (exact) mass is 391 g/mol. The number of aromatic hydroxyl groups is 2. The van der Waals surface area contributed by atoms with Crippen molar-refractivity contribution in [3.8, 4) is 11.8 Å². The lowest BCUT2D eigenvalue weighted by atomic mass is 9.93. The van der Waals surface area contributed by atoms with Crippen LogP contribution in [-0.4, -0.2) is 38.4 Å². The standard InChI is InChI=1S/C20H23F2N3O3/c21-10-1-4-16(22)13(5-10)18-17(23)6-12(9-28-18)24-7-14-15(8-24)20(27)25(19(14)26)11-2-3-11/h1,4-5,11-12,17-18,26-27H,2-3,6-9,23H2/t12-,17+,18-/m1/s1. The Labute approximate surface area is 161 Å². The Morgan fingerprint density at radius 3 is 2.32 bits per heavy atom. The molecule has 28 heavy (non-hydrogen) atoms. The predicted molar refractivity (Wildman–Crippen MR) is 96.7 cm³/mol. The molecule has 0 amide bonds. The number of benzene rings is 1. The van der Waals surface area contributed by atoms with Crippen LogP contribution in [0, 0.1) is 11.6 Å². The smallest absolute Gasteiger partial charge is 0.199 e. The topological polar surface area (TPSA) is 83.9 Å². The first-order chi connectivity index (χ1) is 13.4. The van der Waals surface area contributed by atoms with Gasteiger partial charge in [0.1, 0.15) is 17.7 Å². The number of rotatable bonds is 3. The van der Waals surface area contributed by atoms with E-state index in [1.165, 1.54) is 0 Å². The summed E-state index contributed by atoms with van der Waals surface area (Å²) in [5.41, 5.74) is 7.92. The van der Waals surface area contributed by atoms with Gasteiger partial charge in [-0.1, -0.05) is 0 Å². The number of fused-ring (bicyclic) bond motifs is 1. The van der Waals surface area contributed by atoms with Crippen LogP contribution in [0.4, 0.5) is 8.78 Å². The van der Waals surface area contributed by atoms with E-state index < -0.39 is 23.8 Å². The highest BCUT2D eigenvalue weighted by Gasteiger charge is 2.41. The fourth-order valence-corrected chi connectivity index (χ4v) is 4.54. The van der Waals surface area contributed by atoms with E-state index in [-0.39, 0.29) is 29.4 Å². The third kappa shape index (κ3) is 2.78. The predicted octanol–water partition coefficient (Wildman–Crippen LogP) is 2.69. The van der Waals surface area contributed by atoms with Gasteiger partial charge in [-0.2, -0.15) is 0 Å². The van der Waals surface area contributed by atoms with Crippen LogP contribution < -0.4 is 5.73 Å². The molecule has 0 bridgehead atoms. The van der Waals surface area contributed by atoms with Gasteiger partial charge in [-0.25, -0.2) is 8.78 Å². The molecule has 1 aliphatic carbocycles. The first kappa shape index (κ1) is 17.9. The molecule has 1 aromatic heterocycles. The van der Waals surface area contributed by atoms with Gasteiger partial charge in [-0.05, 0) is 37.5 Å². The summed E-state index contributed by atoms with van der Waals surface area (Å²) in [6, 6.07) is 2.99. The van der Waals surface area contributed by atoms with Crippen LogP contribution >= 0.6 is 0 Å². The highest BCUT2D eigenvalue weighted by Crippen LogP contribution is 2.49. The molecule has 150 valence electrons. The number of nitrogens with zero attached hydrogens (tertiary/aromatic N) is 2. The second-order valence-corrected chi connectivity index (χ2v) is 8.08. The summed E-state index contributed by atoms with van der Waals surface area (Å²) in [5.74, 6) is -0.746. The summed E-state index contributed by atoms with van der Waals surface area (Å²) in [6.07, 6.45) is 1.80. The summed E-state index contributed by atoms with van der Waals surface area (Å²) in [7, 11) is 0. The van der Waals surface area contributed by atoms with Crippen LogP contribution in [0.15, 0.2) is 18.2 Å². The van der Waals surface area contributed by atoms with Crippen molar-refractivity contribution in [1.82, 2.24) is 9.47 Å². The minimum Gasteiger partial charge on any atom is -0.494 e. The third-order valence-corrected chi connectivity index (χ3v) is 6.18. The van der Waals surface area contributed by atoms with Crippen LogP contribution in [0.1, 0.15) is 48.1 Å². The zero-order chi connectivity index (χ0) is 19.6. The maximum absolute atomic E-state index is 14.1. The molecular weight excluding hydrogens is 368 g/mol. The Kier molecular flexibility index (Phi) is 4.12. The zero-order valence-electron chi connectivity index (χ0n) is 15.3. The molecule has 0 radical (unpaired) electrons. The molecule has 3 atom stereocenters. The molecule has 1 aromatic carbocycles. The number of aromatic nitrogens is 1. The largest absolute Gasteiger partial charge is 0.494 e. The van der Waals surface area contributed by atoms with Gasteiger partial charge in [0, 0.05) is 47.9 Å². The molecule has 2 aromatic rings. The van der Waals surface area contributed by atoms with Crippen LogP contribution in [0.5, 0.6) is 11.8 Å². The van der Waals surface area contributed by atoms with Crippen LogP contribution in [0.25, 0.3) is 0 Å². The van der Waals surface area contributed by atoms with Gasteiger partial charge in [-0.3, -0.25) is 9.47 Å². The quantitative estimate of drug-likeness (QED) is 0.749. The van der Waals surface area contributed by atoms with E-state index in [1.807, 2.05) is 0 Å². The average molecular weight is 391 g/mol. The summed E-state index contributed by atoms with van der Waals surface area (Å²) >= 11 is 0. The second kappa shape index (κ2) is 6.43. The molecular formula is C20H23F2N3O3. The van der Waals surface area contributed by atoms with E-state index in [0.717, 1.165) is 42.2 Å². The minimum atomic E-state index is -0.695. The Balaban J connectivity index is 1.30. The number of ether oxygens (including phenoxy) is 1. The molecule has 0 unspecified atom stereocenters. The molecule has 3 aliphatic rings.